The van der Waals surface area contributed by atoms with Gasteiger partial charge in [0.25, 0.3) is 0 Å². The van der Waals surface area contributed by atoms with Crippen molar-refractivity contribution in [2.75, 3.05) is 105 Å². The second kappa shape index (κ2) is 18.2. The van der Waals surface area contributed by atoms with Crippen LogP contribution >= 0.6 is 12.4 Å². The Bertz CT molecular complexity index is 1540. The van der Waals surface area contributed by atoms with Crippen molar-refractivity contribution in [3.63, 3.8) is 0 Å². The van der Waals surface area contributed by atoms with Crippen LogP contribution in [0.4, 0.5) is 41.1 Å². The van der Waals surface area contributed by atoms with Gasteiger partial charge in [-0.1, -0.05) is 7.43 Å². The van der Waals surface area contributed by atoms with Gasteiger partial charge >= 0.3 is 12.2 Å². The first-order valence-electron chi connectivity index (χ1n) is 16.1. The van der Waals surface area contributed by atoms with Crippen LogP contribution in [0.5, 0.6) is 0 Å². The average molecular weight is 741 g/mol. The van der Waals surface area contributed by atoms with Crippen molar-refractivity contribution >= 4 is 59.2 Å². The maximum Gasteiger partial charge on any atom is 0.414 e. The van der Waals surface area contributed by atoms with Crippen molar-refractivity contribution in [2.45, 2.75) is 26.6 Å². The van der Waals surface area contributed by atoms with Gasteiger partial charge in [-0.2, -0.15) is 0 Å². The number of amides is 4. The van der Waals surface area contributed by atoms with Crippen molar-refractivity contribution in [1.82, 2.24) is 9.80 Å². The van der Waals surface area contributed by atoms with Crippen molar-refractivity contribution < 1.29 is 42.5 Å². The van der Waals surface area contributed by atoms with E-state index in [0.717, 1.165) is 0 Å². The molecule has 15 nitrogen and oxygen atoms in total. The average Bonchev–Trinajstić information content (AvgIpc) is 3.69. The summed E-state index contributed by atoms with van der Waals surface area (Å²) in [5.41, 5.74) is 12.8. The molecule has 0 spiro atoms. The molecule has 0 radical (unpaired) electrons. The summed E-state index contributed by atoms with van der Waals surface area (Å²) in [5, 5.41) is 8.89. The number of carbonyl (C=O) groups is 4. The van der Waals surface area contributed by atoms with E-state index in [-0.39, 0.29) is 56.9 Å². The van der Waals surface area contributed by atoms with E-state index in [1.165, 1.54) is 28.9 Å². The molecule has 18 heteroatoms. The Morgan fingerprint density at radius 3 is 1.45 bits per heavy atom. The van der Waals surface area contributed by atoms with E-state index in [4.69, 9.17) is 26.0 Å². The Morgan fingerprint density at radius 2 is 1.14 bits per heavy atom. The van der Waals surface area contributed by atoms with Crippen molar-refractivity contribution in [3.05, 3.63) is 48.0 Å². The minimum atomic E-state index is -0.529. The Morgan fingerprint density at radius 1 is 0.745 bits per heavy atom. The highest BCUT2D eigenvalue weighted by atomic mass is 35.5. The van der Waals surface area contributed by atoms with E-state index in [1.807, 2.05) is 9.80 Å². The van der Waals surface area contributed by atoms with E-state index in [0.29, 0.717) is 88.2 Å². The molecule has 4 aliphatic heterocycles. The van der Waals surface area contributed by atoms with Crippen LogP contribution in [0.25, 0.3) is 0 Å². The zero-order valence-corrected chi connectivity index (χ0v) is 28.5. The minimum Gasteiger partial charge on any atom is -0.443 e. The lowest BCUT2D eigenvalue weighted by Gasteiger charge is -2.36. The van der Waals surface area contributed by atoms with Crippen LogP contribution in [0.3, 0.4) is 0 Å². The monoisotopic (exact) mass is 740 g/mol. The summed E-state index contributed by atoms with van der Waals surface area (Å²) in [6.07, 6.45) is -1.78. The van der Waals surface area contributed by atoms with Crippen LogP contribution in [-0.2, 0) is 19.1 Å². The van der Waals surface area contributed by atoms with Crippen molar-refractivity contribution in [3.8, 4) is 0 Å². The third-order valence-corrected chi connectivity index (χ3v) is 8.93. The molecule has 0 unspecified atom stereocenters. The molecule has 4 amide bonds. The first-order chi connectivity index (χ1) is 23.5. The van der Waals surface area contributed by atoms with E-state index in [1.54, 1.807) is 34.1 Å². The summed E-state index contributed by atoms with van der Waals surface area (Å²) in [6, 6.07) is 9.31. The first kappa shape index (κ1) is 41.0. The quantitative estimate of drug-likeness (QED) is 0.376. The topological polar surface area (TPSA) is 178 Å². The fourth-order valence-corrected chi connectivity index (χ4v) is 6.11. The predicted octanol–water partition coefficient (Wildman–Crippen LogP) is 1.59. The Kier molecular flexibility index (Phi) is 14.6. The number of piperazine rings is 2. The molecular weight excluding hydrogens is 694 g/mol. The van der Waals surface area contributed by atoms with Crippen LogP contribution < -0.4 is 31.1 Å². The number of nitrogens with zero attached hydrogens (tertiary/aromatic N) is 6. The molecule has 2 atom stereocenters. The third-order valence-electron chi connectivity index (χ3n) is 8.93. The number of aliphatic hydroxyl groups excluding tert-OH is 1. The number of cyclic esters (lactones) is 2. The molecule has 4 saturated heterocycles. The fraction of sp³-hybridized carbons (Fsp3) is 0.515. The fourth-order valence-electron chi connectivity index (χ4n) is 6.11. The number of benzene rings is 2. The standard InChI is InChI=1S/C16H21FN4O4.C16H21FN4O3.CH4.ClH/c17-13-7-11(21-9-12(8-18)25-16(21)24)1-2-14(13)19-3-5-20(6-4-19)15(23)10-22;1-11(22)19-4-6-20(7-5-19)15-3-2-12(8-14(15)17)21-10-13(9-18)24-16(21)23;;/h1-2,7,12,22H,3-6,8-10,18H2;2-3,8,13H,4-7,9-10,18H2,1H3;1H4;1H/t12-;13-;;/m00../s1. The van der Waals surface area contributed by atoms with E-state index >= 15 is 0 Å². The van der Waals surface area contributed by atoms with E-state index < -0.39 is 30.4 Å². The molecule has 4 aliphatic rings. The number of carbonyl (C=O) groups excluding carboxylic acids is 4. The lowest BCUT2D eigenvalue weighted by molar-refractivity contribution is -0.134. The minimum absolute atomic E-state index is 0. The number of nitrogens with two attached hydrogens (primary N) is 2. The predicted molar refractivity (Wildman–Crippen MR) is 190 cm³/mol. The van der Waals surface area contributed by atoms with Gasteiger partial charge in [0.2, 0.25) is 11.8 Å². The molecule has 4 heterocycles. The molecule has 6 rings (SSSR count). The number of ether oxygens (including phenoxy) is 2. The lowest BCUT2D eigenvalue weighted by Crippen LogP contribution is -2.49. The highest BCUT2D eigenvalue weighted by Gasteiger charge is 2.33. The number of hydrogen-bond donors (Lipinski definition) is 3. The number of hydrogen-bond acceptors (Lipinski definition) is 11. The Labute approximate surface area is 302 Å². The van der Waals surface area contributed by atoms with Crippen LogP contribution in [0.15, 0.2) is 36.4 Å². The maximum absolute atomic E-state index is 14.6. The SMILES string of the molecule is C.CC(=O)N1CCN(c2ccc(N3C[C@H](CN)OC3=O)cc2F)CC1.Cl.NC[C@H]1CN(c2ccc(N3CCN(C(=O)CO)CC3)c(F)c2)C(=O)O1. The number of halogens is 3. The van der Waals surface area contributed by atoms with Gasteiger partial charge in [0, 0.05) is 72.4 Å². The van der Waals surface area contributed by atoms with Gasteiger partial charge in [0.05, 0.1) is 35.8 Å². The molecule has 5 N–H and O–H groups in total. The third kappa shape index (κ3) is 9.46. The summed E-state index contributed by atoms with van der Waals surface area (Å²) in [5.74, 6) is -1.12. The largest absolute Gasteiger partial charge is 0.443 e. The molecule has 0 bridgehead atoms. The van der Waals surface area contributed by atoms with Crippen molar-refractivity contribution in [1.29, 1.82) is 0 Å². The second-order valence-corrected chi connectivity index (χ2v) is 12.0. The van der Waals surface area contributed by atoms with Gasteiger partial charge in [0.1, 0.15) is 30.4 Å². The van der Waals surface area contributed by atoms with Crippen LogP contribution in [0, 0.1) is 11.6 Å². The van der Waals surface area contributed by atoms with E-state index in [9.17, 15) is 28.0 Å². The molecule has 0 saturated carbocycles. The van der Waals surface area contributed by atoms with Gasteiger partial charge in [-0.05, 0) is 36.4 Å². The Balaban J connectivity index is 0.000000265. The number of anilines is 4. The molecule has 4 fully saturated rings. The normalized spacial score (nSPS) is 20.2. The zero-order valence-electron chi connectivity index (χ0n) is 27.7. The summed E-state index contributed by atoms with van der Waals surface area (Å²) in [4.78, 5) is 56.3. The first-order valence-corrected chi connectivity index (χ1v) is 16.1. The van der Waals surface area contributed by atoms with Crippen molar-refractivity contribution in [2.24, 2.45) is 11.5 Å². The molecule has 2 aromatic carbocycles. The van der Waals surface area contributed by atoms with E-state index in [2.05, 4.69) is 0 Å². The summed E-state index contributed by atoms with van der Waals surface area (Å²) >= 11 is 0. The highest BCUT2D eigenvalue weighted by Crippen LogP contribution is 2.30. The molecule has 0 aliphatic carbocycles. The molecule has 2 aromatic rings. The summed E-state index contributed by atoms with van der Waals surface area (Å²) in [7, 11) is 0. The smallest absolute Gasteiger partial charge is 0.414 e. The Hall–Kier alpha value is -4.45. The summed E-state index contributed by atoms with van der Waals surface area (Å²) in [6.45, 7) is 6.23. The van der Waals surface area contributed by atoms with Crippen LogP contribution in [0.1, 0.15) is 14.4 Å². The molecule has 282 valence electrons. The van der Waals surface area contributed by atoms with Gasteiger partial charge in [-0.25, -0.2) is 18.4 Å². The van der Waals surface area contributed by atoms with Crippen LogP contribution in [-0.4, -0.2) is 136 Å². The van der Waals surface area contributed by atoms with Gasteiger partial charge in [0.15, 0.2) is 0 Å². The maximum atomic E-state index is 14.6. The van der Waals surface area contributed by atoms with Gasteiger partial charge < -0.3 is 45.6 Å². The lowest BCUT2D eigenvalue weighted by atomic mass is 10.2. The number of rotatable bonds is 7. The highest BCUT2D eigenvalue weighted by molar-refractivity contribution is 5.91. The molecular formula is C33H47ClF2N8O7. The van der Waals surface area contributed by atoms with Gasteiger partial charge in [-0.15, -0.1) is 12.4 Å². The molecule has 51 heavy (non-hydrogen) atoms. The summed E-state index contributed by atoms with van der Waals surface area (Å²) < 4.78 is 39.2. The number of aliphatic hydroxyl groups is 1. The second-order valence-electron chi connectivity index (χ2n) is 12.0. The zero-order chi connectivity index (χ0) is 35.2. The van der Waals surface area contributed by atoms with Gasteiger partial charge in [-0.3, -0.25) is 19.4 Å². The molecule has 0 aromatic heterocycles. The van der Waals surface area contributed by atoms with Crippen LogP contribution in [0.2, 0.25) is 0 Å².